The number of benzene rings is 2. The molecule has 0 unspecified atom stereocenters. The fraction of sp³-hybridized carbons (Fsp3) is 0.143. The van der Waals surface area contributed by atoms with Crippen LogP contribution in [-0.2, 0) is 0 Å². The number of nitrogens with two attached hydrogens (primary N) is 1. The summed E-state index contributed by atoms with van der Waals surface area (Å²) in [5.74, 6) is 1.51. The fourth-order valence-corrected chi connectivity index (χ4v) is 2.26. The van der Waals surface area contributed by atoms with Gasteiger partial charge in [0.1, 0.15) is 11.5 Å². The zero-order chi connectivity index (χ0) is 13.8. The highest BCUT2D eigenvalue weighted by atomic mass is 79.9. The van der Waals surface area contributed by atoms with Crippen molar-refractivity contribution in [2.45, 2.75) is 0 Å². The summed E-state index contributed by atoms with van der Waals surface area (Å²) in [5.41, 5.74) is 8.26. The molecule has 0 aliphatic rings. The first-order valence-electron chi connectivity index (χ1n) is 5.67. The van der Waals surface area contributed by atoms with Crippen LogP contribution < -0.4 is 20.5 Å². The number of ether oxygens (including phenoxy) is 2. The molecule has 0 aliphatic carbocycles. The summed E-state index contributed by atoms with van der Waals surface area (Å²) in [4.78, 5) is 0. The van der Waals surface area contributed by atoms with Crippen LogP contribution in [0.25, 0.3) is 0 Å². The molecule has 0 aliphatic heterocycles. The van der Waals surface area contributed by atoms with Crippen LogP contribution >= 0.6 is 15.9 Å². The number of hydrogen-bond acceptors (Lipinski definition) is 4. The van der Waals surface area contributed by atoms with Crippen LogP contribution in [-0.4, -0.2) is 14.2 Å². The minimum Gasteiger partial charge on any atom is -0.497 e. The number of anilines is 3. The van der Waals surface area contributed by atoms with E-state index in [0.29, 0.717) is 5.69 Å². The van der Waals surface area contributed by atoms with Gasteiger partial charge in [0.05, 0.1) is 18.7 Å². The molecule has 0 fully saturated rings. The summed E-state index contributed by atoms with van der Waals surface area (Å²) in [7, 11) is 3.25. The lowest BCUT2D eigenvalue weighted by molar-refractivity contribution is 0.412. The Balaban J connectivity index is 2.25. The van der Waals surface area contributed by atoms with Crippen LogP contribution in [0.2, 0.25) is 0 Å². The number of nitrogen functional groups attached to an aromatic ring is 1. The SMILES string of the molecule is COc1cc(N)cc(Nc2ccc(OC)c(Br)c2)c1. The molecule has 0 spiro atoms. The second-order valence-corrected chi connectivity index (χ2v) is 4.82. The van der Waals surface area contributed by atoms with Crippen LogP contribution in [0.3, 0.4) is 0 Å². The number of methoxy groups -OCH3 is 2. The number of halogens is 1. The van der Waals surface area contributed by atoms with E-state index in [0.717, 1.165) is 27.3 Å². The summed E-state index contributed by atoms with van der Waals surface area (Å²) in [6.45, 7) is 0. The molecule has 2 aromatic rings. The van der Waals surface area contributed by atoms with Gasteiger partial charge in [-0.2, -0.15) is 0 Å². The van der Waals surface area contributed by atoms with Crippen LogP contribution in [0.15, 0.2) is 40.9 Å². The van der Waals surface area contributed by atoms with Gasteiger partial charge in [-0.15, -0.1) is 0 Å². The molecule has 5 heteroatoms. The molecule has 3 N–H and O–H groups in total. The van der Waals surface area contributed by atoms with Crippen LogP contribution in [0.5, 0.6) is 11.5 Å². The van der Waals surface area contributed by atoms with Crippen LogP contribution in [0.1, 0.15) is 0 Å². The van der Waals surface area contributed by atoms with E-state index in [1.807, 2.05) is 30.3 Å². The molecular weight excluding hydrogens is 308 g/mol. The van der Waals surface area contributed by atoms with E-state index < -0.39 is 0 Å². The zero-order valence-electron chi connectivity index (χ0n) is 10.7. The highest BCUT2D eigenvalue weighted by Crippen LogP contribution is 2.30. The quantitative estimate of drug-likeness (QED) is 0.841. The molecule has 2 rings (SSSR count). The van der Waals surface area contributed by atoms with E-state index in [-0.39, 0.29) is 0 Å². The first kappa shape index (κ1) is 13.5. The maximum Gasteiger partial charge on any atom is 0.133 e. The van der Waals surface area contributed by atoms with Gasteiger partial charge in [0.2, 0.25) is 0 Å². The van der Waals surface area contributed by atoms with Crippen LogP contribution in [0.4, 0.5) is 17.1 Å². The topological polar surface area (TPSA) is 56.5 Å². The molecule has 4 nitrogen and oxygen atoms in total. The third-order valence-corrected chi connectivity index (χ3v) is 3.22. The zero-order valence-corrected chi connectivity index (χ0v) is 12.3. The molecule has 0 heterocycles. The minimum absolute atomic E-state index is 0.648. The van der Waals surface area contributed by atoms with Gasteiger partial charge >= 0.3 is 0 Å². The van der Waals surface area contributed by atoms with Crippen molar-refractivity contribution in [2.75, 3.05) is 25.3 Å². The van der Waals surface area contributed by atoms with Gasteiger partial charge in [0.15, 0.2) is 0 Å². The van der Waals surface area contributed by atoms with E-state index in [1.165, 1.54) is 0 Å². The van der Waals surface area contributed by atoms with Crippen molar-refractivity contribution in [3.63, 3.8) is 0 Å². The van der Waals surface area contributed by atoms with Crippen molar-refractivity contribution in [1.82, 2.24) is 0 Å². The predicted octanol–water partition coefficient (Wildman–Crippen LogP) is 3.79. The van der Waals surface area contributed by atoms with Gasteiger partial charge in [0, 0.05) is 29.2 Å². The van der Waals surface area contributed by atoms with E-state index >= 15 is 0 Å². The van der Waals surface area contributed by atoms with Gasteiger partial charge in [0.25, 0.3) is 0 Å². The Hall–Kier alpha value is -1.88. The van der Waals surface area contributed by atoms with E-state index in [2.05, 4.69) is 21.2 Å². The maximum atomic E-state index is 5.81. The Bertz CT molecular complexity index is 588. The Morgan fingerprint density at radius 2 is 1.79 bits per heavy atom. The summed E-state index contributed by atoms with van der Waals surface area (Å²) in [6.07, 6.45) is 0. The predicted molar refractivity (Wildman–Crippen MR) is 81.4 cm³/mol. The second kappa shape index (κ2) is 5.84. The van der Waals surface area contributed by atoms with E-state index in [1.54, 1.807) is 20.3 Å². The lowest BCUT2D eigenvalue weighted by atomic mass is 10.2. The Labute approximate surface area is 120 Å². The first-order chi connectivity index (χ1) is 9.12. The molecular formula is C14H15BrN2O2. The minimum atomic E-state index is 0.648. The molecule has 19 heavy (non-hydrogen) atoms. The second-order valence-electron chi connectivity index (χ2n) is 3.97. The van der Waals surface area contributed by atoms with E-state index in [4.69, 9.17) is 15.2 Å². The number of rotatable bonds is 4. The van der Waals surface area contributed by atoms with Crippen molar-refractivity contribution < 1.29 is 9.47 Å². The van der Waals surface area contributed by atoms with Gasteiger partial charge < -0.3 is 20.5 Å². The summed E-state index contributed by atoms with van der Waals surface area (Å²) in [6, 6.07) is 11.3. The molecule has 0 bridgehead atoms. The normalized spacial score (nSPS) is 10.1. The average Bonchev–Trinajstić information content (AvgIpc) is 2.38. The smallest absolute Gasteiger partial charge is 0.133 e. The Morgan fingerprint density at radius 3 is 2.42 bits per heavy atom. The van der Waals surface area contributed by atoms with Gasteiger partial charge in [-0.25, -0.2) is 0 Å². The Kier molecular flexibility index (Phi) is 4.16. The monoisotopic (exact) mass is 322 g/mol. The molecule has 0 radical (unpaired) electrons. The largest absolute Gasteiger partial charge is 0.497 e. The van der Waals surface area contributed by atoms with Crippen molar-refractivity contribution in [2.24, 2.45) is 0 Å². The fourth-order valence-electron chi connectivity index (χ4n) is 1.72. The third-order valence-electron chi connectivity index (χ3n) is 2.61. The van der Waals surface area contributed by atoms with Crippen LogP contribution in [0, 0.1) is 0 Å². The molecule has 0 amide bonds. The number of hydrogen-bond donors (Lipinski definition) is 2. The van der Waals surface area contributed by atoms with Crippen molar-refractivity contribution in [3.05, 3.63) is 40.9 Å². The van der Waals surface area contributed by atoms with Gasteiger partial charge in [-0.05, 0) is 40.2 Å². The molecule has 2 aromatic carbocycles. The maximum absolute atomic E-state index is 5.81. The van der Waals surface area contributed by atoms with Gasteiger partial charge in [-0.1, -0.05) is 0 Å². The highest BCUT2D eigenvalue weighted by molar-refractivity contribution is 9.10. The summed E-state index contributed by atoms with van der Waals surface area (Å²) < 4.78 is 11.3. The molecule has 0 saturated heterocycles. The van der Waals surface area contributed by atoms with Gasteiger partial charge in [-0.3, -0.25) is 0 Å². The summed E-state index contributed by atoms with van der Waals surface area (Å²) >= 11 is 3.45. The lowest BCUT2D eigenvalue weighted by Gasteiger charge is -2.11. The standard InChI is InChI=1S/C14H15BrN2O2/c1-18-12-6-9(16)5-11(7-12)17-10-3-4-14(19-2)13(15)8-10/h3-8,17H,16H2,1-2H3. The van der Waals surface area contributed by atoms with Crippen molar-refractivity contribution >= 4 is 33.0 Å². The lowest BCUT2D eigenvalue weighted by Crippen LogP contribution is -1.95. The average molecular weight is 323 g/mol. The summed E-state index contributed by atoms with van der Waals surface area (Å²) in [5, 5.41) is 3.27. The first-order valence-corrected chi connectivity index (χ1v) is 6.47. The van der Waals surface area contributed by atoms with Crippen molar-refractivity contribution in [3.8, 4) is 11.5 Å². The molecule has 0 saturated carbocycles. The Morgan fingerprint density at radius 1 is 1.00 bits per heavy atom. The van der Waals surface area contributed by atoms with E-state index in [9.17, 15) is 0 Å². The molecule has 100 valence electrons. The number of nitrogens with one attached hydrogen (secondary N) is 1. The van der Waals surface area contributed by atoms with Crippen molar-refractivity contribution in [1.29, 1.82) is 0 Å². The molecule has 0 atom stereocenters. The molecule has 0 aromatic heterocycles. The third kappa shape index (κ3) is 3.32. The highest BCUT2D eigenvalue weighted by Gasteiger charge is 2.03.